The van der Waals surface area contributed by atoms with Crippen molar-refractivity contribution in [1.29, 1.82) is 0 Å². The number of ether oxygens (including phenoxy) is 4. The van der Waals surface area contributed by atoms with Crippen molar-refractivity contribution >= 4 is 14.4 Å². The van der Waals surface area contributed by atoms with Crippen LogP contribution in [0.4, 0.5) is 0 Å². The van der Waals surface area contributed by atoms with Crippen molar-refractivity contribution < 1.29 is 23.7 Å². The van der Waals surface area contributed by atoms with Gasteiger partial charge in [-0.05, 0) is 22.3 Å². The fourth-order valence-corrected chi connectivity index (χ4v) is 5.27. The summed E-state index contributed by atoms with van der Waals surface area (Å²) in [5, 5.41) is 0. The molecule has 234 valence electrons. The first kappa shape index (κ1) is 34.0. The predicted octanol–water partition coefficient (Wildman–Crippen LogP) is 7.87. The SMILES string of the molecule is C[Si](C)(C)CC#C[C@H](OCc1ccccc1)[C@@H](OCc1ccccc1)[C@H](OCc1ccccc1)[C@@H](C=O)OCc1ccccc1. The van der Waals surface area contributed by atoms with Gasteiger partial charge in [-0.1, -0.05) is 147 Å². The molecule has 45 heavy (non-hydrogen) atoms. The number of aldehydes is 1. The Morgan fingerprint density at radius 2 is 0.933 bits per heavy atom. The average molecular weight is 621 g/mol. The van der Waals surface area contributed by atoms with Gasteiger partial charge in [0.15, 0.2) is 6.29 Å². The van der Waals surface area contributed by atoms with Gasteiger partial charge in [0.1, 0.15) is 24.4 Å². The molecule has 0 radical (unpaired) electrons. The van der Waals surface area contributed by atoms with Crippen molar-refractivity contribution in [1.82, 2.24) is 0 Å². The van der Waals surface area contributed by atoms with Crippen molar-refractivity contribution in [3.05, 3.63) is 144 Å². The zero-order chi connectivity index (χ0) is 31.7. The van der Waals surface area contributed by atoms with Crippen LogP contribution in [0.2, 0.25) is 25.7 Å². The molecule has 0 amide bonds. The quantitative estimate of drug-likeness (QED) is 0.0683. The maximum absolute atomic E-state index is 12.8. The van der Waals surface area contributed by atoms with E-state index in [1.165, 1.54) is 0 Å². The lowest BCUT2D eigenvalue weighted by Gasteiger charge is -2.34. The molecule has 0 aliphatic heterocycles. The summed E-state index contributed by atoms with van der Waals surface area (Å²) in [4.78, 5) is 12.8. The molecule has 0 fully saturated rings. The van der Waals surface area contributed by atoms with Gasteiger partial charge >= 0.3 is 0 Å². The highest BCUT2D eigenvalue weighted by Gasteiger charge is 2.38. The molecule has 0 N–H and O–H groups in total. The Morgan fingerprint density at radius 1 is 0.556 bits per heavy atom. The first-order valence-corrected chi connectivity index (χ1v) is 19.2. The zero-order valence-electron chi connectivity index (χ0n) is 26.5. The maximum Gasteiger partial charge on any atom is 0.151 e. The van der Waals surface area contributed by atoms with Gasteiger partial charge in [-0.25, -0.2) is 0 Å². The Kier molecular flexibility index (Phi) is 13.8. The van der Waals surface area contributed by atoms with E-state index < -0.39 is 32.5 Å². The van der Waals surface area contributed by atoms with Crippen LogP contribution < -0.4 is 0 Å². The Morgan fingerprint density at radius 3 is 1.33 bits per heavy atom. The molecule has 5 nitrogen and oxygen atoms in total. The Balaban J connectivity index is 1.70. The lowest BCUT2D eigenvalue weighted by Crippen LogP contribution is -2.49. The molecule has 4 rings (SSSR count). The van der Waals surface area contributed by atoms with Crippen LogP contribution in [0.3, 0.4) is 0 Å². The van der Waals surface area contributed by atoms with Gasteiger partial charge in [0, 0.05) is 6.04 Å². The number of carbonyl (C=O) groups excluding carboxylic acids is 1. The molecular weight excluding hydrogens is 577 g/mol. The number of hydrogen-bond donors (Lipinski definition) is 0. The Hall–Kier alpha value is -3.83. The summed E-state index contributed by atoms with van der Waals surface area (Å²) in [7, 11) is -1.46. The molecule has 4 atom stereocenters. The van der Waals surface area contributed by atoms with Crippen molar-refractivity contribution in [2.75, 3.05) is 0 Å². The van der Waals surface area contributed by atoms with E-state index in [0.717, 1.165) is 34.6 Å². The molecule has 0 saturated heterocycles. The molecular formula is C39H44O5Si. The third kappa shape index (κ3) is 12.2. The van der Waals surface area contributed by atoms with E-state index in [1.54, 1.807) is 0 Å². The van der Waals surface area contributed by atoms with Gasteiger partial charge in [0.05, 0.1) is 34.5 Å². The van der Waals surface area contributed by atoms with Crippen LogP contribution in [0.1, 0.15) is 22.3 Å². The van der Waals surface area contributed by atoms with Crippen LogP contribution in [0.25, 0.3) is 0 Å². The topological polar surface area (TPSA) is 54.0 Å². The third-order valence-electron chi connectivity index (χ3n) is 7.07. The predicted molar refractivity (Wildman–Crippen MR) is 182 cm³/mol. The molecule has 4 aromatic carbocycles. The normalized spacial score (nSPS) is 14.0. The summed E-state index contributed by atoms with van der Waals surface area (Å²) in [6.45, 7) is 8.01. The molecule has 0 heterocycles. The van der Waals surface area contributed by atoms with Crippen LogP contribution in [0, 0.1) is 11.8 Å². The number of carbonyl (C=O) groups is 1. The fraction of sp³-hybridized carbons (Fsp3) is 0.308. The molecule has 0 aliphatic carbocycles. The standard InChI is InChI=1S/C39H44O5Si/c1-45(2,3)26-16-25-36(41-28-32-17-8-4-9-18-32)38(43-30-34-21-12-6-13-22-34)39(44-31-35-23-14-7-15-24-35)37(27-40)42-29-33-19-10-5-11-20-33/h4-15,17-24,27,36-39H,26,28-31H2,1-3H3/t36-,37+,38+,39+/m0/s1. The summed E-state index contributed by atoms with van der Waals surface area (Å²) in [6.07, 6.45) is -2.36. The summed E-state index contributed by atoms with van der Waals surface area (Å²) in [5.41, 5.74) is 3.95. The Bertz CT molecular complexity index is 1450. The first-order chi connectivity index (χ1) is 21.9. The van der Waals surface area contributed by atoms with Crippen LogP contribution in [0.5, 0.6) is 0 Å². The minimum absolute atomic E-state index is 0.248. The van der Waals surface area contributed by atoms with Gasteiger partial charge in [-0.3, -0.25) is 0 Å². The molecule has 0 spiro atoms. The second-order valence-electron chi connectivity index (χ2n) is 12.2. The second kappa shape index (κ2) is 18.2. The molecule has 0 aromatic heterocycles. The van der Waals surface area contributed by atoms with Crippen molar-refractivity contribution in [2.45, 2.75) is 76.5 Å². The summed E-state index contributed by atoms with van der Waals surface area (Å²) < 4.78 is 26.1. The highest BCUT2D eigenvalue weighted by molar-refractivity contribution is 6.76. The first-order valence-electron chi connectivity index (χ1n) is 15.5. The zero-order valence-corrected chi connectivity index (χ0v) is 27.5. The number of rotatable bonds is 17. The molecule has 0 bridgehead atoms. The largest absolute Gasteiger partial charge is 0.367 e. The Labute approximate surface area is 269 Å². The van der Waals surface area contributed by atoms with E-state index in [4.69, 9.17) is 18.9 Å². The van der Waals surface area contributed by atoms with Crippen LogP contribution in [0.15, 0.2) is 121 Å². The van der Waals surface area contributed by atoms with E-state index in [0.29, 0.717) is 13.2 Å². The minimum atomic E-state index is -1.46. The van der Waals surface area contributed by atoms with Gasteiger partial charge in [0.2, 0.25) is 0 Å². The summed E-state index contributed by atoms with van der Waals surface area (Å²) in [5.74, 6) is 6.81. The average Bonchev–Trinajstić information content (AvgIpc) is 3.06. The molecule has 6 heteroatoms. The van der Waals surface area contributed by atoms with Crippen LogP contribution in [-0.4, -0.2) is 38.8 Å². The van der Waals surface area contributed by atoms with E-state index in [2.05, 4.69) is 31.5 Å². The van der Waals surface area contributed by atoms with E-state index in [1.807, 2.05) is 121 Å². The highest BCUT2D eigenvalue weighted by atomic mass is 28.3. The fourth-order valence-electron chi connectivity index (χ4n) is 4.64. The van der Waals surface area contributed by atoms with E-state index >= 15 is 0 Å². The van der Waals surface area contributed by atoms with E-state index in [9.17, 15) is 4.79 Å². The number of hydrogen-bond acceptors (Lipinski definition) is 5. The maximum atomic E-state index is 12.8. The van der Waals surface area contributed by atoms with E-state index in [-0.39, 0.29) is 13.2 Å². The van der Waals surface area contributed by atoms with Gasteiger partial charge in [0.25, 0.3) is 0 Å². The lowest BCUT2D eigenvalue weighted by atomic mass is 10.0. The minimum Gasteiger partial charge on any atom is -0.367 e. The van der Waals surface area contributed by atoms with Crippen LogP contribution in [-0.2, 0) is 50.2 Å². The smallest absolute Gasteiger partial charge is 0.151 e. The van der Waals surface area contributed by atoms with Gasteiger partial charge < -0.3 is 23.7 Å². The molecule has 4 aromatic rings. The van der Waals surface area contributed by atoms with Gasteiger partial charge in [-0.15, -0.1) is 5.92 Å². The number of benzene rings is 4. The summed E-state index contributed by atoms with van der Waals surface area (Å²) in [6, 6.07) is 40.4. The molecule has 0 saturated carbocycles. The van der Waals surface area contributed by atoms with Crippen molar-refractivity contribution in [3.8, 4) is 11.8 Å². The monoisotopic (exact) mass is 620 g/mol. The van der Waals surface area contributed by atoms with Crippen molar-refractivity contribution in [3.63, 3.8) is 0 Å². The third-order valence-corrected chi connectivity index (χ3v) is 8.31. The second-order valence-corrected chi connectivity index (χ2v) is 17.7. The molecule has 0 unspecified atom stereocenters. The lowest BCUT2D eigenvalue weighted by molar-refractivity contribution is -0.179. The van der Waals surface area contributed by atoms with Crippen LogP contribution >= 0.6 is 0 Å². The molecule has 0 aliphatic rings. The van der Waals surface area contributed by atoms with Crippen molar-refractivity contribution in [2.24, 2.45) is 0 Å². The summed E-state index contributed by atoms with van der Waals surface area (Å²) >= 11 is 0. The highest BCUT2D eigenvalue weighted by Crippen LogP contribution is 2.23. The van der Waals surface area contributed by atoms with Gasteiger partial charge in [-0.2, -0.15) is 0 Å².